The molecule has 0 spiro atoms. The van der Waals surface area contributed by atoms with Gasteiger partial charge in [0.25, 0.3) is 5.91 Å². The van der Waals surface area contributed by atoms with Crippen LogP contribution in [0.1, 0.15) is 26.3 Å². The summed E-state index contributed by atoms with van der Waals surface area (Å²) < 4.78 is 5.73. The van der Waals surface area contributed by atoms with Crippen LogP contribution in [0.5, 0.6) is 5.75 Å². The Morgan fingerprint density at radius 2 is 1.63 bits per heavy atom. The molecular weight excluding hydrogens is 398 g/mol. The lowest BCUT2D eigenvalue weighted by Gasteiger charge is -2.11. The van der Waals surface area contributed by atoms with E-state index in [1.807, 2.05) is 18.2 Å². The van der Waals surface area contributed by atoms with Crippen LogP contribution in [0.15, 0.2) is 78.9 Å². The Morgan fingerprint density at radius 1 is 0.900 bits per heavy atom. The molecule has 0 bridgehead atoms. The van der Waals surface area contributed by atoms with Crippen molar-refractivity contribution in [2.75, 3.05) is 11.9 Å². The van der Waals surface area contributed by atoms with Crippen molar-refractivity contribution in [3.63, 3.8) is 0 Å². The first-order valence-electron chi connectivity index (χ1n) is 9.30. The molecule has 0 saturated carbocycles. The molecule has 0 unspecified atom stereocenters. The van der Waals surface area contributed by atoms with Crippen molar-refractivity contribution in [3.05, 3.63) is 95.6 Å². The van der Waals surface area contributed by atoms with E-state index < -0.39 is 5.91 Å². The molecule has 6 nitrogen and oxygen atoms in total. The minimum absolute atomic E-state index is 0.116. The Bertz CT molecular complexity index is 1040. The standard InChI is InChI=1S/C23H21N3O3S/c24-21(27)18-7-4-8-19(15-18)25-23(30)26-22(28)17-9-11-20(12-10-17)29-14-13-16-5-2-1-3-6-16/h1-12,15H,13-14H2,(H2,24,27)(H2,25,26,28,30). The number of thiocarbonyl (C=S) groups is 1. The van der Waals surface area contributed by atoms with Gasteiger partial charge in [0, 0.05) is 23.2 Å². The van der Waals surface area contributed by atoms with E-state index in [-0.39, 0.29) is 11.0 Å². The van der Waals surface area contributed by atoms with Gasteiger partial charge in [0.2, 0.25) is 5.91 Å². The summed E-state index contributed by atoms with van der Waals surface area (Å²) >= 11 is 5.17. The first-order chi connectivity index (χ1) is 14.5. The molecule has 3 rings (SSSR count). The Labute approximate surface area is 180 Å². The fraction of sp³-hybridized carbons (Fsp3) is 0.0870. The molecule has 0 atom stereocenters. The summed E-state index contributed by atoms with van der Waals surface area (Å²) in [6.07, 6.45) is 0.806. The summed E-state index contributed by atoms with van der Waals surface area (Å²) in [7, 11) is 0. The van der Waals surface area contributed by atoms with Crippen LogP contribution in [0.3, 0.4) is 0 Å². The smallest absolute Gasteiger partial charge is 0.257 e. The number of amides is 2. The van der Waals surface area contributed by atoms with Gasteiger partial charge in [0.15, 0.2) is 5.11 Å². The molecule has 3 aromatic rings. The minimum Gasteiger partial charge on any atom is -0.493 e. The third kappa shape index (κ3) is 6.15. The molecule has 30 heavy (non-hydrogen) atoms. The number of primary amides is 1. The second-order valence-electron chi connectivity index (χ2n) is 6.46. The number of nitrogens with one attached hydrogen (secondary N) is 2. The van der Waals surface area contributed by atoms with E-state index in [2.05, 4.69) is 22.8 Å². The van der Waals surface area contributed by atoms with Crippen LogP contribution in [-0.4, -0.2) is 23.5 Å². The molecule has 0 aliphatic rings. The van der Waals surface area contributed by atoms with Crippen molar-refractivity contribution < 1.29 is 14.3 Å². The summed E-state index contributed by atoms with van der Waals surface area (Å²) in [5.41, 5.74) is 7.81. The predicted molar refractivity (Wildman–Crippen MR) is 121 cm³/mol. The Hall–Kier alpha value is -3.71. The molecule has 0 saturated heterocycles. The second-order valence-corrected chi connectivity index (χ2v) is 6.87. The molecule has 0 heterocycles. The first-order valence-corrected chi connectivity index (χ1v) is 9.71. The number of benzene rings is 3. The minimum atomic E-state index is -0.542. The molecule has 152 valence electrons. The van der Waals surface area contributed by atoms with E-state index in [4.69, 9.17) is 22.7 Å². The largest absolute Gasteiger partial charge is 0.493 e. The zero-order valence-electron chi connectivity index (χ0n) is 16.1. The van der Waals surface area contributed by atoms with Gasteiger partial charge in [0.05, 0.1) is 6.61 Å². The van der Waals surface area contributed by atoms with Gasteiger partial charge in [0.1, 0.15) is 5.75 Å². The third-order valence-electron chi connectivity index (χ3n) is 4.25. The maximum Gasteiger partial charge on any atom is 0.257 e. The Morgan fingerprint density at radius 3 is 2.33 bits per heavy atom. The molecule has 0 fully saturated rings. The molecule has 0 aromatic heterocycles. The lowest BCUT2D eigenvalue weighted by Crippen LogP contribution is -2.34. The Kier molecular flexibility index (Phi) is 7.13. The molecule has 0 aliphatic carbocycles. The van der Waals surface area contributed by atoms with E-state index in [0.29, 0.717) is 29.2 Å². The highest BCUT2D eigenvalue weighted by molar-refractivity contribution is 7.80. The zero-order valence-corrected chi connectivity index (χ0v) is 16.9. The van der Waals surface area contributed by atoms with Crippen LogP contribution >= 0.6 is 12.2 Å². The van der Waals surface area contributed by atoms with Crippen LogP contribution in [-0.2, 0) is 6.42 Å². The number of carbonyl (C=O) groups is 2. The van der Waals surface area contributed by atoms with Crippen molar-refractivity contribution in [1.29, 1.82) is 0 Å². The highest BCUT2D eigenvalue weighted by atomic mass is 32.1. The van der Waals surface area contributed by atoms with E-state index in [1.54, 1.807) is 48.5 Å². The fourth-order valence-electron chi connectivity index (χ4n) is 2.72. The molecule has 0 aliphatic heterocycles. The van der Waals surface area contributed by atoms with Crippen LogP contribution in [0, 0.1) is 0 Å². The summed E-state index contributed by atoms with van der Waals surface area (Å²) in [5.74, 6) is -0.208. The summed E-state index contributed by atoms with van der Waals surface area (Å²) in [6, 6.07) is 23.4. The zero-order chi connectivity index (χ0) is 21.3. The summed E-state index contributed by atoms with van der Waals surface area (Å²) in [4.78, 5) is 23.6. The lowest BCUT2D eigenvalue weighted by atomic mass is 10.2. The van der Waals surface area contributed by atoms with Crippen molar-refractivity contribution in [1.82, 2.24) is 5.32 Å². The summed E-state index contributed by atoms with van der Waals surface area (Å²) in [5, 5.41) is 5.58. The highest BCUT2D eigenvalue weighted by Crippen LogP contribution is 2.14. The normalized spacial score (nSPS) is 10.1. The van der Waals surface area contributed by atoms with Gasteiger partial charge < -0.3 is 15.8 Å². The van der Waals surface area contributed by atoms with Gasteiger partial charge in [-0.25, -0.2) is 0 Å². The average Bonchev–Trinajstić information content (AvgIpc) is 2.75. The highest BCUT2D eigenvalue weighted by Gasteiger charge is 2.09. The number of rotatable bonds is 7. The molecule has 2 amide bonds. The van der Waals surface area contributed by atoms with Crippen molar-refractivity contribution in [3.8, 4) is 5.75 Å². The van der Waals surface area contributed by atoms with Crippen LogP contribution in [0.4, 0.5) is 5.69 Å². The Balaban J connectivity index is 1.49. The summed E-state index contributed by atoms with van der Waals surface area (Å²) in [6.45, 7) is 0.550. The van der Waals surface area contributed by atoms with Crippen molar-refractivity contribution >= 4 is 34.8 Å². The first kappa shape index (κ1) is 21.0. The van der Waals surface area contributed by atoms with Gasteiger partial charge in [-0.3, -0.25) is 14.9 Å². The number of carbonyl (C=O) groups excluding carboxylic acids is 2. The number of ether oxygens (including phenoxy) is 1. The molecule has 3 aromatic carbocycles. The van der Waals surface area contributed by atoms with Gasteiger partial charge in [-0.1, -0.05) is 36.4 Å². The van der Waals surface area contributed by atoms with Gasteiger partial charge in [-0.15, -0.1) is 0 Å². The SMILES string of the molecule is NC(=O)c1cccc(NC(=S)NC(=O)c2ccc(OCCc3ccccc3)cc2)c1. The van der Waals surface area contributed by atoms with E-state index >= 15 is 0 Å². The average molecular weight is 420 g/mol. The number of anilines is 1. The van der Waals surface area contributed by atoms with Gasteiger partial charge in [-0.05, 0) is 60.2 Å². The van der Waals surface area contributed by atoms with Gasteiger partial charge >= 0.3 is 0 Å². The van der Waals surface area contributed by atoms with Crippen LogP contribution in [0.25, 0.3) is 0 Å². The van der Waals surface area contributed by atoms with Crippen molar-refractivity contribution in [2.24, 2.45) is 5.73 Å². The molecule has 7 heteroatoms. The number of hydrogen-bond donors (Lipinski definition) is 3. The quantitative estimate of drug-likeness (QED) is 0.510. The second kappa shape index (κ2) is 10.2. The molecular formula is C23H21N3O3S. The molecule has 4 N–H and O–H groups in total. The predicted octanol–water partition coefficient (Wildman–Crippen LogP) is 3.53. The maximum atomic E-state index is 12.4. The third-order valence-corrected chi connectivity index (χ3v) is 4.45. The van der Waals surface area contributed by atoms with E-state index in [0.717, 1.165) is 6.42 Å². The topological polar surface area (TPSA) is 93.5 Å². The van der Waals surface area contributed by atoms with Gasteiger partial charge in [-0.2, -0.15) is 0 Å². The number of hydrogen-bond acceptors (Lipinski definition) is 4. The molecule has 0 radical (unpaired) electrons. The van der Waals surface area contributed by atoms with Crippen molar-refractivity contribution in [2.45, 2.75) is 6.42 Å². The van der Waals surface area contributed by atoms with Crippen LogP contribution in [0.2, 0.25) is 0 Å². The van der Waals surface area contributed by atoms with E-state index in [9.17, 15) is 9.59 Å². The van der Waals surface area contributed by atoms with E-state index in [1.165, 1.54) is 5.56 Å². The monoisotopic (exact) mass is 419 g/mol. The lowest BCUT2D eigenvalue weighted by molar-refractivity contribution is 0.0974. The number of nitrogens with two attached hydrogens (primary N) is 1. The maximum absolute atomic E-state index is 12.4. The fourth-order valence-corrected chi connectivity index (χ4v) is 2.93. The van der Waals surface area contributed by atoms with Crippen LogP contribution < -0.4 is 21.1 Å².